The van der Waals surface area contributed by atoms with Gasteiger partial charge in [0.1, 0.15) is 0 Å². The van der Waals surface area contributed by atoms with Crippen LogP contribution in [0.5, 0.6) is 0 Å². The maximum Gasteiger partial charge on any atom is 0.0319 e. The molecule has 136 valence electrons. The third-order valence-electron chi connectivity index (χ3n) is 5.16. The Hall–Kier alpha value is -1.96. The predicted molar refractivity (Wildman–Crippen MR) is 111 cm³/mol. The van der Waals surface area contributed by atoms with Crippen LogP contribution < -0.4 is 11.5 Å². The monoisotopic (exact) mass is 338 g/mol. The number of anilines is 2. The molecule has 0 radical (unpaired) electrons. The molecule has 0 saturated carbocycles. The van der Waals surface area contributed by atoms with Gasteiger partial charge >= 0.3 is 0 Å². The lowest BCUT2D eigenvalue weighted by atomic mass is 9.83. The van der Waals surface area contributed by atoms with Crippen molar-refractivity contribution >= 4 is 11.4 Å². The molecule has 25 heavy (non-hydrogen) atoms. The van der Waals surface area contributed by atoms with Crippen LogP contribution in [0.4, 0.5) is 11.4 Å². The normalized spacial score (nSPS) is 11.5. The lowest BCUT2D eigenvalue weighted by molar-refractivity contribution is 0.818. The standard InChI is InChI=1S/C23H34N2/c1-7-16-9-18(24)11-20(14(3)4)22(16)13-23-17(8-2)10-19(25)12-21(23)15(5)6/h9-12,14-15H,7-8,13,24-25H2,1-6H3. The first kappa shape index (κ1) is 19.4. The van der Waals surface area contributed by atoms with Gasteiger partial charge in [0, 0.05) is 11.4 Å². The number of nitrogens with two attached hydrogens (primary N) is 2. The zero-order valence-electron chi connectivity index (χ0n) is 16.7. The largest absolute Gasteiger partial charge is 0.399 e. The molecule has 0 aromatic heterocycles. The lowest BCUT2D eigenvalue weighted by Gasteiger charge is -2.23. The van der Waals surface area contributed by atoms with E-state index in [0.29, 0.717) is 11.8 Å². The Morgan fingerprint density at radius 3 is 1.32 bits per heavy atom. The molecule has 0 amide bonds. The highest BCUT2D eigenvalue weighted by Gasteiger charge is 2.18. The van der Waals surface area contributed by atoms with Gasteiger partial charge in [0.25, 0.3) is 0 Å². The molecule has 2 aromatic carbocycles. The maximum atomic E-state index is 6.17. The molecular weight excluding hydrogens is 304 g/mol. The van der Waals surface area contributed by atoms with Gasteiger partial charge in [-0.3, -0.25) is 0 Å². The molecule has 2 aromatic rings. The number of hydrogen-bond donors (Lipinski definition) is 2. The Morgan fingerprint density at radius 2 is 1.04 bits per heavy atom. The van der Waals surface area contributed by atoms with Gasteiger partial charge in [0.05, 0.1) is 0 Å². The summed E-state index contributed by atoms with van der Waals surface area (Å²) in [5, 5.41) is 0. The topological polar surface area (TPSA) is 52.0 Å². The fourth-order valence-electron chi connectivity index (χ4n) is 3.83. The van der Waals surface area contributed by atoms with Crippen molar-refractivity contribution in [2.24, 2.45) is 0 Å². The fraction of sp³-hybridized carbons (Fsp3) is 0.478. The quantitative estimate of drug-likeness (QED) is 0.653. The summed E-state index contributed by atoms with van der Waals surface area (Å²) in [6, 6.07) is 8.63. The number of benzene rings is 2. The lowest BCUT2D eigenvalue weighted by Crippen LogP contribution is -2.09. The van der Waals surface area contributed by atoms with E-state index < -0.39 is 0 Å². The summed E-state index contributed by atoms with van der Waals surface area (Å²) in [6.07, 6.45) is 2.98. The van der Waals surface area contributed by atoms with Gasteiger partial charge in [-0.2, -0.15) is 0 Å². The third-order valence-corrected chi connectivity index (χ3v) is 5.16. The van der Waals surface area contributed by atoms with Crippen molar-refractivity contribution < 1.29 is 0 Å². The molecule has 2 heteroatoms. The van der Waals surface area contributed by atoms with Gasteiger partial charge in [-0.15, -0.1) is 0 Å². The molecule has 0 fully saturated rings. The second-order valence-electron chi connectivity index (χ2n) is 7.69. The van der Waals surface area contributed by atoms with Crippen molar-refractivity contribution in [3.8, 4) is 0 Å². The molecule has 0 heterocycles. The molecule has 4 N–H and O–H groups in total. The van der Waals surface area contributed by atoms with Crippen LogP contribution in [0.15, 0.2) is 24.3 Å². The Balaban J connectivity index is 2.68. The Kier molecular flexibility index (Phi) is 6.16. The van der Waals surface area contributed by atoms with Crippen LogP contribution in [0.3, 0.4) is 0 Å². The first-order valence-corrected chi connectivity index (χ1v) is 9.60. The molecule has 0 aliphatic carbocycles. The van der Waals surface area contributed by atoms with Gasteiger partial charge in [-0.05, 0) is 88.7 Å². The second kappa shape index (κ2) is 7.95. The van der Waals surface area contributed by atoms with Crippen LogP contribution >= 0.6 is 0 Å². The summed E-state index contributed by atoms with van der Waals surface area (Å²) in [5.41, 5.74) is 22.5. The summed E-state index contributed by atoms with van der Waals surface area (Å²) in [7, 11) is 0. The van der Waals surface area contributed by atoms with Gasteiger partial charge in [-0.25, -0.2) is 0 Å². The van der Waals surface area contributed by atoms with Crippen molar-refractivity contribution in [2.75, 3.05) is 11.5 Å². The molecule has 0 aliphatic heterocycles. The van der Waals surface area contributed by atoms with E-state index in [9.17, 15) is 0 Å². The molecule has 0 unspecified atom stereocenters. The minimum absolute atomic E-state index is 0.463. The minimum Gasteiger partial charge on any atom is -0.399 e. The molecule has 2 nitrogen and oxygen atoms in total. The van der Waals surface area contributed by atoms with Gasteiger partial charge in [0.15, 0.2) is 0 Å². The Morgan fingerprint density at radius 1 is 0.680 bits per heavy atom. The van der Waals surface area contributed by atoms with E-state index in [0.717, 1.165) is 30.6 Å². The summed E-state index contributed by atoms with van der Waals surface area (Å²) in [6.45, 7) is 13.5. The molecule has 0 saturated heterocycles. The Bertz CT molecular complexity index is 679. The zero-order chi connectivity index (χ0) is 18.7. The first-order chi connectivity index (χ1) is 11.8. The highest BCUT2D eigenvalue weighted by molar-refractivity contribution is 5.56. The van der Waals surface area contributed by atoms with Crippen molar-refractivity contribution in [1.29, 1.82) is 0 Å². The second-order valence-corrected chi connectivity index (χ2v) is 7.69. The highest BCUT2D eigenvalue weighted by atomic mass is 14.6. The van der Waals surface area contributed by atoms with Crippen LogP contribution in [-0.4, -0.2) is 0 Å². The minimum atomic E-state index is 0.463. The third kappa shape index (κ3) is 4.18. The van der Waals surface area contributed by atoms with Crippen LogP contribution in [0.2, 0.25) is 0 Å². The van der Waals surface area contributed by atoms with Crippen molar-refractivity contribution in [2.45, 2.75) is 72.6 Å². The van der Waals surface area contributed by atoms with E-state index >= 15 is 0 Å². The van der Waals surface area contributed by atoms with Crippen LogP contribution in [0.1, 0.15) is 86.8 Å². The van der Waals surface area contributed by atoms with E-state index in [2.05, 4.69) is 65.8 Å². The number of nitrogen functional groups attached to an aromatic ring is 2. The van der Waals surface area contributed by atoms with Gasteiger partial charge in [0.2, 0.25) is 0 Å². The smallest absolute Gasteiger partial charge is 0.0319 e. The van der Waals surface area contributed by atoms with Crippen molar-refractivity contribution in [3.05, 3.63) is 57.6 Å². The van der Waals surface area contributed by atoms with E-state index in [-0.39, 0.29) is 0 Å². The summed E-state index contributed by atoms with van der Waals surface area (Å²) >= 11 is 0. The molecule has 2 rings (SSSR count). The van der Waals surface area contributed by atoms with E-state index in [1.54, 1.807) is 0 Å². The van der Waals surface area contributed by atoms with E-state index in [1.165, 1.54) is 33.4 Å². The molecule has 0 bridgehead atoms. The summed E-state index contributed by atoms with van der Waals surface area (Å²) in [5.74, 6) is 0.926. The number of aryl methyl sites for hydroxylation is 2. The Labute approximate surface area is 153 Å². The molecule has 0 aliphatic rings. The highest BCUT2D eigenvalue weighted by Crippen LogP contribution is 2.33. The van der Waals surface area contributed by atoms with Gasteiger partial charge in [-0.1, -0.05) is 41.5 Å². The average Bonchev–Trinajstić information content (AvgIpc) is 2.56. The van der Waals surface area contributed by atoms with Crippen molar-refractivity contribution in [3.63, 3.8) is 0 Å². The number of rotatable bonds is 6. The summed E-state index contributed by atoms with van der Waals surface area (Å²) in [4.78, 5) is 0. The van der Waals surface area contributed by atoms with Crippen molar-refractivity contribution in [1.82, 2.24) is 0 Å². The fourth-order valence-corrected chi connectivity index (χ4v) is 3.83. The van der Waals surface area contributed by atoms with Gasteiger partial charge < -0.3 is 11.5 Å². The van der Waals surface area contributed by atoms with E-state index in [1.807, 2.05) is 0 Å². The van der Waals surface area contributed by atoms with Crippen LogP contribution in [-0.2, 0) is 19.3 Å². The SMILES string of the molecule is CCc1cc(N)cc(C(C)C)c1Cc1c(CC)cc(N)cc1C(C)C. The molecule has 0 atom stereocenters. The molecule has 0 spiro atoms. The predicted octanol–water partition coefficient (Wildman–Crippen LogP) is 5.81. The first-order valence-electron chi connectivity index (χ1n) is 9.60. The maximum absolute atomic E-state index is 6.17. The molecular formula is C23H34N2. The number of hydrogen-bond acceptors (Lipinski definition) is 2. The van der Waals surface area contributed by atoms with E-state index in [4.69, 9.17) is 11.5 Å². The summed E-state index contributed by atoms with van der Waals surface area (Å²) < 4.78 is 0. The van der Waals surface area contributed by atoms with Crippen LogP contribution in [0.25, 0.3) is 0 Å². The average molecular weight is 339 g/mol. The van der Waals surface area contributed by atoms with Crippen LogP contribution in [0, 0.1) is 0 Å². The zero-order valence-corrected chi connectivity index (χ0v) is 16.7.